The molecule has 1 N–H and O–H groups in total. The van der Waals surface area contributed by atoms with E-state index in [1.807, 2.05) is 0 Å². The van der Waals surface area contributed by atoms with Gasteiger partial charge in [0.05, 0.1) is 5.60 Å². The molecule has 0 aliphatic carbocycles. The number of unbranched alkanes of at least 4 members (excludes halogenated alkanes) is 1. The molecule has 0 aromatic carbocycles. The fraction of sp³-hybridized carbons (Fsp3) is 0.900. The lowest BCUT2D eigenvalue weighted by atomic mass is 9.97. The Bertz CT molecular complexity index is 158. The van der Waals surface area contributed by atoms with Crippen LogP contribution in [0.25, 0.3) is 0 Å². The average Bonchev–Trinajstić information content (AvgIpc) is 1.95. The zero-order valence-electron chi connectivity index (χ0n) is 8.96. The predicted molar refractivity (Wildman–Crippen MR) is 51.4 cm³/mol. The van der Waals surface area contributed by atoms with Crippen LogP contribution in [0.3, 0.4) is 0 Å². The normalized spacial score (nSPS) is 13.9. The molecule has 1 unspecified atom stereocenters. The van der Waals surface area contributed by atoms with E-state index in [1.54, 1.807) is 13.8 Å². The van der Waals surface area contributed by atoms with Crippen LogP contribution in [0.2, 0.25) is 0 Å². The Balaban J connectivity index is 4.11. The molecule has 0 aromatic rings. The van der Waals surface area contributed by atoms with Crippen LogP contribution < -0.4 is 0 Å². The van der Waals surface area contributed by atoms with Crippen molar-refractivity contribution in [3.63, 3.8) is 0 Å². The van der Waals surface area contributed by atoms with E-state index in [0.717, 1.165) is 19.3 Å². The van der Waals surface area contributed by atoms with Crippen LogP contribution in [0.1, 0.15) is 47.0 Å². The molecule has 0 amide bonds. The SMILES string of the molecule is CCCCC(OC(C)=O)C(C)(C)O. The van der Waals surface area contributed by atoms with E-state index in [4.69, 9.17) is 4.74 Å². The molecule has 0 saturated carbocycles. The highest BCUT2D eigenvalue weighted by Crippen LogP contribution is 2.18. The largest absolute Gasteiger partial charge is 0.460 e. The van der Waals surface area contributed by atoms with Crippen LogP contribution in [0.4, 0.5) is 0 Å². The van der Waals surface area contributed by atoms with Gasteiger partial charge in [0.15, 0.2) is 0 Å². The molecule has 0 spiro atoms. The summed E-state index contributed by atoms with van der Waals surface area (Å²) in [7, 11) is 0. The molecule has 0 fully saturated rings. The summed E-state index contributed by atoms with van der Waals surface area (Å²) in [6, 6.07) is 0. The molecule has 0 radical (unpaired) electrons. The first-order chi connectivity index (χ1) is 5.88. The van der Waals surface area contributed by atoms with Crippen LogP contribution >= 0.6 is 0 Å². The Kier molecular flexibility index (Phi) is 4.99. The third-order valence-electron chi connectivity index (χ3n) is 1.92. The maximum atomic E-state index is 10.7. The molecule has 13 heavy (non-hydrogen) atoms. The van der Waals surface area contributed by atoms with Crippen LogP contribution in [0.15, 0.2) is 0 Å². The highest BCUT2D eigenvalue weighted by molar-refractivity contribution is 5.66. The molecule has 0 saturated heterocycles. The summed E-state index contributed by atoms with van der Waals surface area (Å²) in [6.45, 7) is 6.76. The maximum Gasteiger partial charge on any atom is 0.303 e. The van der Waals surface area contributed by atoms with Gasteiger partial charge in [-0.1, -0.05) is 13.3 Å². The van der Waals surface area contributed by atoms with Crippen molar-refractivity contribution in [2.24, 2.45) is 0 Å². The Hall–Kier alpha value is -0.570. The fourth-order valence-corrected chi connectivity index (χ4v) is 1.15. The molecule has 78 valence electrons. The minimum absolute atomic E-state index is 0.330. The Morgan fingerprint density at radius 2 is 2.08 bits per heavy atom. The van der Waals surface area contributed by atoms with Gasteiger partial charge in [0.1, 0.15) is 6.10 Å². The van der Waals surface area contributed by atoms with Crippen molar-refractivity contribution in [3.05, 3.63) is 0 Å². The number of carbonyl (C=O) groups excluding carboxylic acids is 1. The molecule has 0 aromatic heterocycles. The van der Waals surface area contributed by atoms with Crippen molar-refractivity contribution < 1.29 is 14.6 Å². The van der Waals surface area contributed by atoms with E-state index in [0.29, 0.717) is 0 Å². The lowest BCUT2D eigenvalue weighted by Crippen LogP contribution is -2.39. The summed E-state index contributed by atoms with van der Waals surface area (Å²) < 4.78 is 5.03. The van der Waals surface area contributed by atoms with Crippen molar-refractivity contribution in [2.75, 3.05) is 0 Å². The lowest BCUT2D eigenvalue weighted by Gasteiger charge is -2.28. The van der Waals surface area contributed by atoms with Crippen LogP contribution in [-0.2, 0) is 9.53 Å². The first kappa shape index (κ1) is 12.4. The Labute approximate surface area is 80.1 Å². The second kappa shape index (κ2) is 5.22. The minimum Gasteiger partial charge on any atom is -0.460 e. The van der Waals surface area contributed by atoms with Crippen LogP contribution in [0.5, 0.6) is 0 Å². The van der Waals surface area contributed by atoms with Gasteiger partial charge in [0.25, 0.3) is 0 Å². The van der Waals surface area contributed by atoms with Crippen LogP contribution in [-0.4, -0.2) is 22.8 Å². The smallest absolute Gasteiger partial charge is 0.303 e. The van der Waals surface area contributed by atoms with Gasteiger partial charge in [-0.25, -0.2) is 0 Å². The Morgan fingerprint density at radius 1 is 1.54 bits per heavy atom. The van der Waals surface area contributed by atoms with E-state index >= 15 is 0 Å². The average molecular weight is 188 g/mol. The molecule has 0 bridgehead atoms. The van der Waals surface area contributed by atoms with E-state index in [-0.39, 0.29) is 12.1 Å². The minimum atomic E-state index is -0.944. The third-order valence-corrected chi connectivity index (χ3v) is 1.92. The molecule has 3 heteroatoms. The zero-order chi connectivity index (χ0) is 10.5. The second-order valence-electron chi connectivity index (χ2n) is 3.89. The number of hydrogen-bond acceptors (Lipinski definition) is 3. The summed E-state index contributed by atoms with van der Waals surface area (Å²) in [5.41, 5.74) is -0.944. The topological polar surface area (TPSA) is 46.5 Å². The van der Waals surface area contributed by atoms with Gasteiger partial charge in [-0.15, -0.1) is 0 Å². The number of aliphatic hydroxyl groups is 1. The molecule has 3 nitrogen and oxygen atoms in total. The van der Waals surface area contributed by atoms with E-state index in [9.17, 15) is 9.90 Å². The highest BCUT2D eigenvalue weighted by Gasteiger charge is 2.28. The molecule has 0 aliphatic rings. The van der Waals surface area contributed by atoms with Crippen molar-refractivity contribution in [2.45, 2.75) is 58.7 Å². The molecule has 0 aliphatic heterocycles. The van der Waals surface area contributed by atoms with Gasteiger partial charge in [0, 0.05) is 6.92 Å². The monoisotopic (exact) mass is 188 g/mol. The van der Waals surface area contributed by atoms with Crippen LogP contribution in [0, 0.1) is 0 Å². The first-order valence-corrected chi connectivity index (χ1v) is 4.77. The van der Waals surface area contributed by atoms with Crippen molar-refractivity contribution >= 4 is 5.97 Å². The lowest BCUT2D eigenvalue weighted by molar-refractivity contribution is -0.160. The molecule has 0 heterocycles. The second-order valence-corrected chi connectivity index (χ2v) is 3.89. The van der Waals surface area contributed by atoms with E-state index < -0.39 is 5.60 Å². The molecule has 0 rings (SSSR count). The molecular formula is C10H20O3. The van der Waals surface area contributed by atoms with Crippen molar-refractivity contribution in [1.29, 1.82) is 0 Å². The van der Waals surface area contributed by atoms with Gasteiger partial charge in [-0.3, -0.25) is 4.79 Å². The third kappa shape index (κ3) is 5.64. The van der Waals surface area contributed by atoms with Gasteiger partial charge in [-0.05, 0) is 26.7 Å². The molecule has 1 atom stereocenters. The van der Waals surface area contributed by atoms with E-state index in [1.165, 1.54) is 6.92 Å². The number of ether oxygens (including phenoxy) is 1. The predicted octanol–water partition coefficient (Wildman–Crippen LogP) is 1.88. The van der Waals surface area contributed by atoms with Gasteiger partial charge in [-0.2, -0.15) is 0 Å². The number of esters is 1. The summed E-state index contributed by atoms with van der Waals surface area (Å²) in [5.74, 6) is -0.330. The van der Waals surface area contributed by atoms with Gasteiger partial charge in [0.2, 0.25) is 0 Å². The number of rotatable bonds is 5. The van der Waals surface area contributed by atoms with Gasteiger partial charge >= 0.3 is 5.97 Å². The first-order valence-electron chi connectivity index (χ1n) is 4.77. The van der Waals surface area contributed by atoms with E-state index in [2.05, 4.69) is 6.92 Å². The quantitative estimate of drug-likeness (QED) is 0.670. The number of hydrogen-bond donors (Lipinski definition) is 1. The van der Waals surface area contributed by atoms with Crippen molar-refractivity contribution in [3.8, 4) is 0 Å². The summed E-state index contributed by atoms with van der Waals surface area (Å²) in [4.78, 5) is 10.7. The summed E-state index contributed by atoms with van der Waals surface area (Å²) in [5, 5.41) is 9.68. The van der Waals surface area contributed by atoms with Crippen molar-refractivity contribution in [1.82, 2.24) is 0 Å². The standard InChI is InChI=1S/C10H20O3/c1-5-6-7-9(10(3,4)12)13-8(2)11/h9,12H,5-7H2,1-4H3. The summed E-state index contributed by atoms with van der Waals surface area (Å²) >= 11 is 0. The summed E-state index contributed by atoms with van der Waals surface area (Å²) in [6.07, 6.45) is 2.33. The maximum absolute atomic E-state index is 10.7. The number of carbonyl (C=O) groups is 1. The molecular weight excluding hydrogens is 168 g/mol. The highest BCUT2D eigenvalue weighted by atomic mass is 16.6. The fourth-order valence-electron chi connectivity index (χ4n) is 1.15. The van der Waals surface area contributed by atoms with Gasteiger partial charge < -0.3 is 9.84 Å². The zero-order valence-corrected chi connectivity index (χ0v) is 8.96. The Morgan fingerprint density at radius 3 is 2.38 bits per heavy atom.